The molecule has 0 aliphatic heterocycles. The third-order valence-corrected chi connectivity index (χ3v) is 2.88. The maximum absolute atomic E-state index is 12.1. The van der Waals surface area contributed by atoms with E-state index in [1.807, 2.05) is 0 Å². The van der Waals surface area contributed by atoms with Crippen LogP contribution < -0.4 is 10.1 Å². The SMILES string of the molecule is COc1cccc(NC(=O)c2ccc(C(=O)O)c(C)n2)c1. The number of hydrogen-bond acceptors (Lipinski definition) is 4. The zero-order chi connectivity index (χ0) is 15.4. The number of aromatic nitrogens is 1. The smallest absolute Gasteiger partial charge is 0.337 e. The molecule has 21 heavy (non-hydrogen) atoms. The number of anilines is 1. The average Bonchev–Trinajstić information content (AvgIpc) is 2.46. The van der Waals surface area contributed by atoms with Crippen molar-refractivity contribution in [2.45, 2.75) is 6.92 Å². The molecule has 2 aromatic rings. The molecule has 0 fully saturated rings. The Labute approximate surface area is 121 Å². The largest absolute Gasteiger partial charge is 0.497 e. The molecule has 0 saturated carbocycles. The van der Waals surface area contributed by atoms with E-state index in [4.69, 9.17) is 9.84 Å². The van der Waals surface area contributed by atoms with Crippen molar-refractivity contribution in [1.29, 1.82) is 0 Å². The van der Waals surface area contributed by atoms with Crippen LogP contribution in [0.25, 0.3) is 0 Å². The molecular formula is C15H14N2O4. The minimum absolute atomic E-state index is 0.0768. The molecule has 0 bridgehead atoms. The maximum atomic E-state index is 12.1. The van der Waals surface area contributed by atoms with Gasteiger partial charge >= 0.3 is 5.97 Å². The van der Waals surface area contributed by atoms with Crippen molar-refractivity contribution in [3.63, 3.8) is 0 Å². The van der Waals surface area contributed by atoms with Gasteiger partial charge in [0.15, 0.2) is 0 Å². The van der Waals surface area contributed by atoms with Gasteiger partial charge in [-0.05, 0) is 31.2 Å². The van der Waals surface area contributed by atoms with Crippen molar-refractivity contribution in [3.8, 4) is 5.75 Å². The number of ether oxygens (including phenoxy) is 1. The lowest BCUT2D eigenvalue weighted by atomic mass is 10.2. The minimum atomic E-state index is -1.07. The van der Waals surface area contributed by atoms with Gasteiger partial charge < -0.3 is 15.2 Å². The van der Waals surface area contributed by atoms with Crippen LogP contribution in [0, 0.1) is 6.92 Å². The average molecular weight is 286 g/mol. The highest BCUT2D eigenvalue weighted by Crippen LogP contribution is 2.17. The third-order valence-electron chi connectivity index (χ3n) is 2.88. The minimum Gasteiger partial charge on any atom is -0.497 e. The lowest BCUT2D eigenvalue weighted by Gasteiger charge is -2.08. The first-order valence-electron chi connectivity index (χ1n) is 6.17. The number of carboxylic acid groups (broad SMARTS) is 1. The van der Waals surface area contributed by atoms with Crippen molar-refractivity contribution < 1.29 is 19.4 Å². The lowest BCUT2D eigenvalue weighted by molar-refractivity contribution is 0.0695. The van der Waals surface area contributed by atoms with Gasteiger partial charge in [0.05, 0.1) is 18.4 Å². The van der Waals surface area contributed by atoms with E-state index >= 15 is 0 Å². The van der Waals surface area contributed by atoms with Gasteiger partial charge in [-0.25, -0.2) is 9.78 Å². The quantitative estimate of drug-likeness (QED) is 0.900. The van der Waals surface area contributed by atoms with Crippen molar-refractivity contribution >= 4 is 17.6 Å². The summed E-state index contributed by atoms with van der Waals surface area (Å²) in [4.78, 5) is 27.0. The zero-order valence-electron chi connectivity index (χ0n) is 11.6. The molecule has 0 radical (unpaired) electrons. The molecule has 0 aliphatic rings. The number of pyridine rings is 1. The summed E-state index contributed by atoms with van der Waals surface area (Å²) in [6.07, 6.45) is 0. The summed E-state index contributed by atoms with van der Waals surface area (Å²) in [6, 6.07) is 9.66. The predicted octanol–water partition coefficient (Wildman–Crippen LogP) is 2.35. The molecule has 108 valence electrons. The Bertz CT molecular complexity index is 698. The summed E-state index contributed by atoms with van der Waals surface area (Å²) in [6.45, 7) is 1.55. The van der Waals surface area contributed by atoms with Crippen LogP contribution in [0.3, 0.4) is 0 Å². The maximum Gasteiger partial charge on any atom is 0.337 e. The highest BCUT2D eigenvalue weighted by atomic mass is 16.5. The van der Waals surface area contributed by atoms with Crippen LogP contribution in [0.15, 0.2) is 36.4 Å². The van der Waals surface area contributed by atoms with Gasteiger partial charge in [-0.1, -0.05) is 6.07 Å². The van der Waals surface area contributed by atoms with Crippen LogP contribution >= 0.6 is 0 Å². The molecule has 6 nitrogen and oxygen atoms in total. The molecule has 0 atom stereocenters. The van der Waals surface area contributed by atoms with E-state index in [2.05, 4.69) is 10.3 Å². The zero-order valence-corrected chi connectivity index (χ0v) is 11.6. The van der Waals surface area contributed by atoms with Gasteiger partial charge in [-0.2, -0.15) is 0 Å². The standard InChI is InChI=1S/C15H14N2O4/c1-9-12(15(19)20)6-7-13(16-9)14(18)17-10-4-3-5-11(8-10)21-2/h3-8H,1-2H3,(H,17,18)(H,19,20). The number of carbonyl (C=O) groups is 2. The van der Waals surface area contributed by atoms with E-state index in [0.29, 0.717) is 17.1 Å². The number of nitrogens with zero attached hydrogens (tertiary/aromatic N) is 1. The first kappa shape index (κ1) is 14.5. The molecule has 1 aromatic heterocycles. The number of carboxylic acids is 1. The number of rotatable bonds is 4. The van der Waals surface area contributed by atoms with Gasteiger partial charge in [-0.3, -0.25) is 4.79 Å². The van der Waals surface area contributed by atoms with Crippen LogP contribution in [-0.4, -0.2) is 29.1 Å². The van der Waals surface area contributed by atoms with Crippen molar-refractivity contribution in [1.82, 2.24) is 4.98 Å². The third kappa shape index (κ3) is 3.36. The highest BCUT2D eigenvalue weighted by Gasteiger charge is 2.13. The molecule has 1 heterocycles. The molecular weight excluding hydrogens is 272 g/mol. The highest BCUT2D eigenvalue weighted by molar-refractivity contribution is 6.03. The summed E-state index contributed by atoms with van der Waals surface area (Å²) in [5.74, 6) is -0.860. The van der Waals surface area contributed by atoms with Crippen molar-refractivity contribution in [2.75, 3.05) is 12.4 Å². The van der Waals surface area contributed by atoms with E-state index in [1.54, 1.807) is 31.2 Å². The van der Waals surface area contributed by atoms with E-state index in [1.165, 1.54) is 19.2 Å². The molecule has 2 N–H and O–H groups in total. The fourth-order valence-electron chi connectivity index (χ4n) is 1.81. The Morgan fingerprint density at radius 2 is 2.00 bits per heavy atom. The van der Waals surface area contributed by atoms with Gasteiger partial charge in [0.2, 0.25) is 0 Å². The molecule has 1 amide bonds. The van der Waals surface area contributed by atoms with Crippen LogP contribution in [0.2, 0.25) is 0 Å². The number of aromatic carboxylic acids is 1. The Morgan fingerprint density at radius 1 is 1.24 bits per heavy atom. The Hall–Kier alpha value is -2.89. The summed E-state index contributed by atoms with van der Waals surface area (Å²) < 4.78 is 5.07. The van der Waals surface area contributed by atoms with Crippen LogP contribution in [0.5, 0.6) is 5.75 Å². The van der Waals surface area contributed by atoms with Crippen LogP contribution in [-0.2, 0) is 0 Å². The number of hydrogen-bond donors (Lipinski definition) is 2. The van der Waals surface area contributed by atoms with Crippen LogP contribution in [0.1, 0.15) is 26.5 Å². The molecule has 2 rings (SSSR count). The fourth-order valence-corrected chi connectivity index (χ4v) is 1.81. The monoisotopic (exact) mass is 286 g/mol. The van der Waals surface area contributed by atoms with E-state index in [9.17, 15) is 9.59 Å². The first-order chi connectivity index (χ1) is 10.0. The Balaban J connectivity index is 2.20. The summed E-state index contributed by atoms with van der Waals surface area (Å²) >= 11 is 0. The second-order valence-electron chi connectivity index (χ2n) is 4.32. The Morgan fingerprint density at radius 3 is 2.62 bits per heavy atom. The van der Waals surface area contributed by atoms with Crippen LogP contribution in [0.4, 0.5) is 5.69 Å². The topological polar surface area (TPSA) is 88.5 Å². The lowest BCUT2D eigenvalue weighted by Crippen LogP contribution is -2.15. The molecule has 0 saturated heterocycles. The van der Waals surface area contributed by atoms with Crippen molar-refractivity contribution in [3.05, 3.63) is 53.3 Å². The number of methoxy groups -OCH3 is 1. The molecule has 0 aliphatic carbocycles. The molecule has 1 aromatic carbocycles. The first-order valence-corrected chi connectivity index (χ1v) is 6.17. The predicted molar refractivity (Wildman–Crippen MR) is 76.9 cm³/mol. The number of amides is 1. The number of benzene rings is 1. The van der Waals surface area contributed by atoms with E-state index < -0.39 is 11.9 Å². The summed E-state index contributed by atoms with van der Waals surface area (Å²) in [5.41, 5.74) is 1.09. The second-order valence-corrected chi connectivity index (χ2v) is 4.32. The molecule has 6 heteroatoms. The van der Waals surface area contributed by atoms with Gasteiger partial charge in [-0.15, -0.1) is 0 Å². The number of carbonyl (C=O) groups excluding carboxylic acids is 1. The van der Waals surface area contributed by atoms with Gasteiger partial charge in [0.25, 0.3) is 5.91 Å². The van der Waals surface area contributed by atoms with Crippen molar-refractivity contribution in [2.24, 2.45) is 0 Å². The fraction of sp³-hybridized carbons (Fsp3) is 0.133. The number of nitrogens with one attached hydrogen (secondary N) is 1. The normalized spacial score (nSPS) is 10.0. The Kier molecular flexibility index (Phi) is 4.18. The van der Waals surface area contributed by atoms with E-state index in [-0.39, 0.29) is 11.3 Å². The second kappa shape index (κ2) is 6.04. The molecule has 0 spiro atoms. The van der Waals surface area contributed by atoms with Gasteiger partial charge in [0, 0.05) is 11.8 Å². The van der Waals surface area contributed by atoms with E-state index in [0.717, 1.165) is 0 Å². The summed E-state index contributed by atoms with van der Waals surface area (Å²) in [7, 11) is 1.54. The summed E-state index contributed by atoms with van der Waals surface area (Å²) in [5, 5.41) is 11.6. The number of aryl methyl sites for hydroxylation is 1. The van der Waals surface area contributed by atoms with Gasteiger partial charge in [0.1, 0.15) is 11.4 Å². The molecule has 0 unspecified atom stereocenters.